The van der Waals surface area contributed by atoms with Crippen molar-refractivity contribution in [2.24, 2.45) is 0 Å². The first-order valence-electron chi connectivity index (χ1n) is 8.09. The molecule has 2 fully saturated rings. The van der Waals surface area contributed by atoms with Crippen LogP contribution in [0.5, 0.6) is 5.75 Å². The van der Waals surface area contributed by atoms with E-state index in [2.05, 4.69) is 9.88 Å². The van der Waals surface area contributed by atoms with E-state index >= 15 is 0 Å². The van der Waals surface area contributed by atoms with Gasteiger partial charge in [0, 0.05) is 31.4 Å². The van der Waals surface area contributed by atoms with Crippen molar-refractivity contribution in [2.45, 2.75) is 12.1 Å². The molecule has 0 unspecified atom stereocenters. The summed E-state index contributed by atoms with van der Waals surface area (Å²) in [4.78, 5) is 21.0. The number of hydrogen-bond acceptors (Lipinski definition) is 5. The van der Waals surface area contributed by atoms with Crippen molar-refractivity contribution in [3.05, 3.63) is 54.4 Å². The van der Waals surface area contributed by atoms with Crippen molar-refractivity contribution in [2.75, 3.05) is 31.1 Å². The van der Waals surface area contributed by atoms with Crippen LogP contribution in [0.25, 0.3) is 0 Å². The molecule has 2 atom stereocenters. The number of hydrogen-bond donors (Lipinski definition) is 1. The zero-order valence-electron chi connectivity index (χ0n) is 13.2. The fourth-order valence-corrected chi connectivity index (χ4v) is 3.48. The maximum atomic E-state index is 12.7. The summed E-state index contributed by atoms with van der Waals surface area (Å²) in [6.45, 7) is 2.66. The summed E-state index contributed by atoms with van der Waals surface area (Å²) in [5.74, 6) is 0.131. The van der Waals surface area contributed by atoms with E-state index in [4.69, 9.17) is 4.74 Å². The molecule has 0 aliphatic carbocycles. The summed E-state index contributed by atoms with van der Waals surface area (Å²) in [6.07, 6.45) is 3.63. The van der Waals surface area contributed by atoms with Crippen LogP contribution in [0.15, 0.2) is 48.8 Å². The average molecular weight is 325 g/mol. The molecule has 0 bridgehead atoms. The van der Waals surface area contributed by atoms with E-state index in [-0.39, 0.29) is 23.8 Å². The van der Waals surface area contributed by atoms with Crippen LogP contribution in [0.1, 0.15) is 10.4 Å². The number of benzene rings is 1. The minimum atomic E-state index is -0.0286. The van der Waals surface area contributed by atoms with Crippen LogP contribution in [0, 0.1) is 0 Å². The Morgan fingerprint density at radius 1 is 1.21 bits per heavy atom. The standard InChI is InChI=1S/C18H19N3O3/c22-15-5-3-13(4-6-15)18(23)20-11-16-17(12-20)24-9-8-21(16)14-2-1-7-19-10-14/h1-7,10,16-17,22H,8-9,11-12H2/t16-,17+/m1/s1. The lowest BCUT2D eigenvalue weighted by Crippen LogP contribution is -2.51. The Labute approximate surface area is 140 Å². The van der Waals surface area contributed by atoms with Gasteiger partial charge in [-0.15, -0.1) is 0 Å². The highest BCUT2D eigenvalue weighted by atomic mass is 16.5. The Kier molecular flexibility index (Phi) is 3.82. The fourth-order valence-electron chi connectivity index (χ4n) is 3.48. The normalized spacial score (nSPS) is 23.2. The molecule has 2 aromatic rings. The number of amides is 1. The second kappa shape index (κ2) is 6.13. The highest BCUT2D eigenvalue weighted by Crippen LogP contribution is 2.28. The smallest absolute Gasteiger partial charge is 0.254 e. The minimum absolute atomic E-state index is 0.0139. The number of carbonyl (C=O) groups is 1. The second-order valence-corrected chi connectivity index (χ2v) is 6.14. The van der Waals surface area contributed by atoms with Gasteiger partial charge in [0.15, 0.2) is 0 Å². The summed E-state index contributed by atoms with van der Waals surface area (Å²) in [5, 5.41) is 9.38. The van der Waals surface area contributed by atoms with Crippen molar-refractivity contribution >= 4 is 11.6 Å². The van der Waals surface area contributed by atoms with Gasteiger partial charge in [-0.1, -0.05) is 0 Å². The van der Waals surface area contributed by atoms with Crippen LogP contribution in [0.4, 0.5) is 5.69 Å². The van der Waals surface area contributed by atoms with E-state index in [1.165, 1.54) is 12.1 Å². The molecular weight excluding hydrogens is 306 g/mol. The van der Waals surface area contributed by atoms with Crippen molar-refractivity contribution in [3.8, 4) is 5.75 Å². The van der Waals surface area contributed by atoms with E-state index in [1.807, 2.05) is 23.2 Å². The van der Waals surface area contributed by atoms with Crippen molar-refractivity contribution in [3.63, 3.8) is 0 Å². The van der Waals surface area contributed by atoms with E-state index in [9.17, 15) is 9.90 Å². The summed E-state index contributed by atoms with van der Waals surface area (Å²) in [6, 6.07) is 10.5. The molecule has 2 aliphatic rings. The molecule has 0 saturated carbocycles. The molecule has 124 valence electrons. The minimum Gasteiger partial charge on any atom is -0.508 e. The number of morpholine rings is 1. The Bertz CT molecular complexity index is 720. The number of rotatable bonds is 2. The number of aromatic nitrogens is 1. The molecule has 4 rings (SSSR count). The Hall–Kier alpha value is -2.60. The number of carbonyl (C=O) groups excluding carboxylic acids is 1. The van der Waals surface area contributed by atoms with Gasteiger partial charge in [0.1, 0.15) is 5.75 Å². The molecule has 2 saturated heterocycles. The Morgan fingerprint density at radius 3 is 2.79 bits per heavy atom. The number of phenolic OH excluding ortho intramolecular Hbond substituents is 1. The van der Waals surface area contributed by atoms with Crippen LogP contribution in [-0.4, -0.2) is 59.3 Å². The number of phenols is 1. The first-order chi connectivity index (χ1) is 11.7. The van der Waals surface area contributed by atoms with Gasteiger partial charge >= 0.3 is 0 Å². The van der Waals surface area contributed by atoms with Gasteiger partial charge in [-0.05, 0) is 36.4 Å². The number of ether oxygens (including phenoxy) is 1. The van der Waals surface area contributed by atoms with Crippen LogP contribution in [-0.2, 0) is 4.74 Å². The number of anilines is 1. The van der Waals surface area contributed by atoms with Gasteiger partial charge < -0.3 is 19.6 Å². The maximum Gasteiger partial charge on any atom is 0.254 e. The van der Waals surface area contributed by atoms with E-state index in [1.54, 1.807) is 18.3 Å². The van der Waals surface area contributed by atoms with E-state index < -0.39 is 0 Å². The number of pyridine rings is 1. The molecule has 6 heteroatoms. The second-order valence-electron chi connectivity index (χ2n) is 6.14. The van der Waals surface area contributed by atoms with Gasteiger partial charge in [-0.25, -0.2) is 0 Å². The average Bonchev–Trinajstić information content (AvgIpc) is 3.06. The van der Waals surface area contributed by atoms with Gasteiger partial charge in [0.2, 0.25) is 0 Å². The summed E-state index contributed by atoms with van der Waals surface area (Å²) in [5.41, 5.74) is 1.65. The zero-order valence-corrected chi connectivity index (χ0v) is 13.2. The first-order valence-corrected chi connectivity index (χ1v) is 8.09. The molecule has 0 spiro atoms. The van der Waals surface area contributed by atoms with Crippen molar-refractivity contribution in [1.29, 1.82) is 0 Å². The lowest BCUT2D eigenvalue weighted by molar-refractivity contribution is 0.0302. The van der Waals surface area contributed by atoms with Crippen LogP contribution in [0.3, 0.4) is 0 Å². The molecule has 2 aliphatic heterocycles. The van der Waals surface area contributed by atoms with Gasteiger partial charge in [-0.3, -0.25) is 9.78 Å². The van der Waals surface area contributed by atoms with Crippen LogP contribution < -0.4 is 4.90 Å². The Morgan fingerprint density at radius 2 is 2.04 bits per heavy atom. The van der Waals surface area contributed by atoms with Crippen LogP contribution >= 0.6 is 0 Å². The molecule has 1 aromatic carbocycles. The van der Waals surface area contributed by atoms with Crippen LogP contribution in [0.2, 0.25) is 0 Å². The van der Waals surface area contributed by atoms with E-state index in [0.29, 0.717) is 25.3 Å². The summed E-state index contributed by atoms with van der Waals surface area (Å²) in [7, 11) is 0. The maximum absolute atomic E-state index is 12.7. The fraction of sp³-hybridized carbons (Fsp3) is 0.333. The number of aromatic hydroxyl groups is 1. The molecular formula is C18H19N3O3. The monoisotopic (exact) mass is 325 g/mol. The lowest BCUT2D eigenvalue weighted by atomic mass is 10.1. The molecule has 6 nitrogen and oxygen atoms in total. The molecule has 3 heterocycles. The third-order valence-corrected chi connectivity index (χ3v) is 4.68. The predicted octanol–water partition coefficient (Wildman–Crippen LogP) is 1.52. The molecule has 1 N–H and O–H groups in total. The third kappa shape index (κ3) is 2.69. The Balaban J connectivity index is 1.53. The number of nitrogens with zero attached hydrogens (tertiary/aromatic N) is 3. The SMILES string of the molecule is O=C(c1ccc(O)cc1)N1C[C@@H]2OCCN(c3cccnc3)[C@@H]2C1. The van der Waals surface area contributed by atoms with E-state index in [0.717, 1.165) is 12.2 Å². The number of fused-ring (bicyclic) bond motifs is 1. The third-order valence-electron chi connectivity index (χ3n) is 4.68. The van der Waals surface area contributed by atoms with Crippen molar-refractivity contribution < 1.29 is 14.6 Å². The van der Waals surface area contributed by atoms with Crippen molar-refractivity contribution in [1.82, 2.24) is 9.88 Å². The molecule has 0 radical (unpaired) electrons. The largest absolute Gasteiger partial charge is 0.508 e. The molecule has 1 aromatic heterocycles. The van der Waals surface area contributed by atoms with Gasteiger partial charge in [-0.2, -0.15) is 0 Å². The highest BCUT2D eigenvalue weighted by molar-refractivity contribution is 5.94. The zero-order chi connectivity index (χ0) is 16.5. The predicted molar refractivity (Wildman–Crippen MR) is 89.1 cm³/mol. The lowest BCUT2D eigenvalue weighted by Gasteiger charge is -2.38. The highest BCUT2D eigenvalue weighted by Gasteiger charge is 2.42. The van der Waals surface area contributed by atoms with Gasteiger partial charge in [0.25, 0.3) is 5.91 Å². The molecule has 24 heavy (non-hydrogen) atoms. The quantitative estimate of drug-likeness (QED) is 0.907. The first kappa shape index (κ1) is 15.0. The molecule has 1 amide bonds. The number of likely N-dealkylation sites (tertiary alicyclic amines) is 1. The summed E-state index contributed by atoms with van der Waals surface area (Å²) >= 11 is 0. The topological polar surface area (TPSA) is 65.9 Å². The summed E-state index contributed by atoms with van der Waals surface area (Å²) < 4.78 is 5.89. The van der Waals surface area contributed by atoms with Gasteiger partial charge in [0.05, 0.1) is 30.6 Å².